The molecule has 0 bridgehead atoms. The molecule has 0 saturated carbocycles. The fourth-order valence-electron chi connectivity index (χ4n) is 1.36. The first-order chi connectivity index (χ1) is 8.61. The van der Waals surface area contributed by atoms with Crippen LogP contribution in [0.2, 0.25) is 0 Å². The minimum Gasteiger partial charge on any atom is -0.476 e. The van der Waals surface area contributed by atoms with E-state index in [9.17, 15) is 0 Å². The highest BCUT2D eigenvalue weighted by Crippen LogP contribution is 2.29. The topological polar surface area (TPSA) is 86.0 Å². The predicted molar refractivity (Wildman–Crippen MR) is 72.5 cm³/mol. The molecule has 0 aromatic carbocycles. The number of nitrogen functional groups attached to an aromatic ring is 1. The second kappa shape index (κ2) is 5.18. The first kappa shape index (κ1) is 12.6. The fraction of sp³-hybridized carbons (Fsp3) is 0.364. The summed E-state index contributed by atoms with van der Waals surface area (Å²) >= 11 is 1.56. The van der Waals surface area contributed by atoms with Gasteiger partial charge in [-0.2, -0.15) is 4.98 Å². The third-order valence-electron chi connectivity index (χ3n) is 2.38. The smallest absolute Gasteiger partial charge is 0.242 e. The summed E-state index contributed by atoms with van der Waals surface area (Å²) in [5.41, 5.74) is 7.32. The van der Waals surface area contributed by atoms with Crippen molar-refractivity contribution in [2.45, 2.75) is 20.8 Å². The Morgan fingerprint density at radius 1 is 1.39 bits per heavy atom. The zero-order chi connectivity index (χ0) is 13.1. The summed E-state index contributed by atoms with van der Waals surface area (Å²) in [4.78, 5) is 13.6. The van der Waals surface area contributed by atoms with E-state index in [0.29, 0.717) is 24.0 Å². The van der Waals surface area contributed by atoms with Crippen molar-refractivity contribution in [3.8, 4) is 5.88 Å². The number of nitrogens with two attached hydrogens (primary N) is 1. The van der Waals surface area contributed by atoms with E-state index in [1.165, 1.54) is 6.33 Å². The Hall–Kier alpha value is -1.89. The number of rotatable bonds is 4. The Kier molecular flexibility index (Phi) is 3.61. The van der Waals surface area contributed by atoms with Gasteiger partial charge in [0.25, 0.3) is 0 Å². The van der Waals surface area contributed by atoms with Crippen molar-refractivity contribution in [2.75, 3.05) is 17.7 Å². The highest BCUT2D eigenvalue weighted by Gasteiger charge is 2.11. The number of hydrogen-bond donors (Lipinski definition) is 2. The van der Waals surface area contributed by atoms with Crippen LogP contribution >= 0.6 is 11.3 Å². The molecule has 2 aromatic heterocycles. The van der Waals surface area contributed by atoms with Crippen LogP contribution in [0.3, 0.4) is 0 Å². The van der Waals surface area contributed by atoms with Crippen LogP contribution in [0.25, 0.3) is 0 Å². The van der Waals surface area contributed by atoms with Crippen LogP contribution in [0.1, 0.15) is 17.5 Å². The highest BCUT2D eigenvalue weighted by molar-refractivity contribution is 7.15. The molecule has 96 valence electrons. The van der Waals surface area contributed by atoms with Crippen LogP contribution in [0.4, 0.5) is 16.6 Å². The number of anilines is 3. The molecule has 0 fully saturated rings. The Morgan fingerprint density at radius 2 is 2.17 bits per heavy atom. The molecule has 0 radical (unpaired) electrons. The lowest BCUT2D eigenvalue weighted by molar-refractivity contribution is 0.328. The lowest BCUT2D eigenvalue weighted by Gasteiger charge is -2.09. The lowest BCUT2D eigenvalue weighted by Crippen LogP contribution is -2.04. The molecule has 0 unspecified atom stereocenters. The Labute approximate surface area is 109 Å². The summed E-state index contributed by atoms with van der Waals surface area (Å²) in [7, 11) is 0. The molecule has 0 saturated heterocycles. The SMILES string of the molecule is CCOc1ncnc(Nc2nc(C)c(C)s2)c1N. The largest absolute Gasteiger partial charge is 0.476 e. The minimum absolute atomic E-state index is 0.389. The normalized spacial score (nSPS) is 10.4. The van der Waals surface area contributed by atoms with Gasteiger partial charge in [-0.05, 0) is 20.8 Å². The summed E-state index contributed by atoms with van der Waals surface area (Å²) in [5.74, 6) is 0.905. The van der Waals surface area contributed by atoms with Crippen LogP contribution in [0, 0.1) is 13.8 Å². The van der Waals surface area contributed by atoms with Crippen molar-refractivity contribution < 1.29 is 4.74 Å². The monoisotopic (exact) mass is 265 g/mol. The standard InChI is InChI=1S/C11H15N5OS/c1-4-17-10-8(12)9(13-5-14-10)16-11-15-6(2)7(3)18-11/h5H,4,12H2,1-3H3,(H,13,14,15,16). The highest BCUT2D eigenvalue weighted by atomic mass is 32.1. The molecule has 7 heteroatoms. The average Bonchev–Trinajstić information content (AvgIpc) is 2.64. The number of ether oxygens (including phenoxy) is 1. The molecule has 0 aliphatic carbocycles. The van der Waals surface area contributed by atoms with E-state index in [1.807, 2.05) is 20.8 Å². The summed E-state index contributed by atoms with van der Waals surface area (Å²) in [6.45, 7) is 6.37. The molecule has 18 heavy (non-hydrogen) atoms. The molecular formula is C11H15N5OS. The Bertz CT molecular complexity index is 535. The van der Waals surface area contributed by atoms with Gasteiger partial charge < -0.3 is 15.8 Å². The zero-order valence-corrected chi connectivity index (χ0v) is 11.3. The van der Waals surface area contributed by atoms with E-state index in [0.717, 1.165) is 15.7 Å². The van der Waals surface area contributed by atoms with Gasteiger partial charge in [-0.3, -0.25) is 0 Å². The number of thiazole rings is 1. The molecule has 3 N–H and O–H groups in total. The van der Waals surface area contributed by atoms with Gasteiger partial charge in [0, 0.05) is 4.88 Å². The first-order valence-corrected chi connectivity index (χ1v) is 6.37. The molecule has 0 spiro atoms. The third kappa shape index (κ3) is 2.51. The predicted octanol–water partition coefficient (Wildman–Crippen LogP) is 2.27. The molecule has 0 aliphatic heterocycles. The summed E-state index contributed by atoms with van der Waals surface area (Å²) in [5, 5.41) is 3.85. The van der Waals surface area contributed by atoms with E-state index in [1.54, 1.807) is 11.3 Å². The number of hydrogen-bond acceptors (Lipinski definition) is 7. The van der Waals surface area contributed by atoms with E-state index in [4.69, 9.17) is 10.5 Å². The molecule has 2 rings (SSSR count). The van der Waals surface area contributed by atoms with Crippen LogP contribution in [0.15, 0.2) is 6.33 Å². The van der Waals surface area contributed by atoms with Crippen molar-refractivity contribution in [1.29, 1.82) is 0 Å². The number of nitrogens with one attached hydrogen (secondary N) is 1. The fourth-order valence-corrected chi connectivity index (χ4v) is 2.17. The molecule has 0 aliphatic rings. The van der Waals surface area contributed by atoms with Gasteiger partial charge >= 0.3 is 0 Å². The number of aromatic nitrogens is 3. The van der Waals surface area contributed by atoms with Crippen LogP contribution in [-0.2, 0) is 0 Å². The van der Waals surface area contributed by atoms with E-state index in [-0.39, 0.29) is 0 Å². The second-order valence-electron chi connectivity index (χ2n) is 3.66. The van der Waals surface area contributed by atoms with E-state index in [2.05, 4.69) is 20.3 Å². The van der Waals surface area contributed by atoms with Gasteiger partial charge in [0.15, 0.2) is 10.9 Å². The van der Waals surface area contributed by atoms with Gasteiger partial charge in [0.05, 0.1) is 12.3 Å². The Morgan fingerprint density at radius 3 is 2.78 bits per heavy atom. The van der Waals surface area contributed by atoms with Gasteiger partial charge in [-0.1, -0.05) is 0 Å². The first-order valence-electron chi connectivity index (χ1n) is 5.56. The lowest BCUT2D eigenvalue weighted by atomic mass is 10.4. The van der Waals surface area contributed by atoms with Crippen molar-refractivity contribution in [3.63, 3.8) is 0 Å². The van der Waals surface area contributed by atoms with Crippen LogP contribution in [-0.4, -0.2) is 21.6 Å². The second-order valence-corrected chi connectivity index (χ2v) is 4.86. The van der Waals surface area contributed by atoms with Gasteiger partial charge in [-0.25, -0.2) is 9.97 Å². The average molecular weight is 265 g/mol. The molecule has 0 amide bonds. The molecule has 0 atom stereocenters. The van der Waals surface area contributed by atoms with Gasteiger partial charge in [0.1, 0.15) is 12.0 Å². The quantitative estimate of drug-likeness (QED) is 0.882. The molecular weight excluding hydrogens is 250 g/mol. The van der Waals surface area contributed by atoms with Crippen LogP contribution < -0.4 is 15.8 Å². The van der Waals surface area contributed by atoms with Gasteiger partial charge in [-0.15, -0.1) is 11.3 Å². The van der Waals surface area contributed by atoms with E-state index < -0.39 is 0 Å². The number of aryl methyl sites for hydroxylation is 2. The zero-order valence-electron chi connectivity index (χ0n) is 10.5. The van der Waals surface area contributed by atoms with Crippen molar-refractivity contribution >= 4 is 28.0 Å². The van der Waals surface area contributed by atoms with Crippen molar-refractivity contribution in [1.82, 2.24) is 15.0 Å². The summed E-state index contributed by atoms with van der Waals surface area (Å²) < 4.78 is 5.31. The van der Waals surface area contributed by atoms with Crippen molar-refractivity contribution in [2.24, 2.45) is 0 Å². The van der Waals surface area contributed by atoms with E-state index >= 15 is 0 Å². The maximum atomic E-state index is 5.93. The minimum atomic E-state index is 0.389. The third-order valence-corrected chi connectivity index (χ3v) is 3.37. The molecule has 2 heterocycles. The van der Waals surface area contributed by atoms with Gasteiger partial charge in [0.2, 0.25) is 5.88 Å². The van der Waals surface area contributed by atoms with Crippen molar-refractivity contribution in [3.05, 3.63) is 16.9 Å². The summed E-state index contributed by atoms with van der Waals surface area (Å²) in [6, 6.07) is 0. The maximum Gasteiger partial charge on any atom is 0.242 e. The summed E-state index contributed by atoms with van der Waals surface area (Å²) in [6.07, 6.45) is 1.41. The number of nitrogens with zero attached hydrogens (tertiary/aromatic N) is 3. The van der Waals surface area contributed by atoms with Crippen LogP contribution in [0.5, 0.6) is 5.88 Å². The molecule has 2 aromatic rings. The Balaban J connectivity index is 2.26. The molecule has 6 nitrogen and oxygen atoms in total. The maximum absolute atomic E-state index is 5.93.